The average Bonchev–Trinajstić information content (AvgIpc) is 3.39. The van der Waals surface area contributed by atoms with Gasteiger partial charge in [0, 0.05) is 35.0 Å². The van der Waals surface area contributed by atoms with Crippen LogP contribution in [0.3, 0.4) is 0 Å². The van der Waals surface area contributed by atoms with Crippen molar-refractivity contribution in [1.82, 2.24) is 20.1 Å². The first-order chi connectivity index (χ1) is 17.7. The van der Waals surface area contributed by atoms with Crippen molar-refractivity contribution in [3.05, 3.63) is 74.7 Å². The molecule has 0 saturated carbocycles. The number of nitrogens with zero attached hydrogens (tertiary/aromatic N) is 2. The third kappa shape index (κ3) is 6.30. The predicted octanol–water partition coefficient (Wildman–Crippen LogP) is 4.15. The van der Waals surface area contributed by atoms with Gasteiger partial charge in [-0.1, -0.05) is 23.7 Å². The fourth-order valence-corrected chi connectivity index (χ4v) is 6.66. The quantitative estimate of drug-likeness (QED) is 0.418. The number of sulfonamides is 1. The van der Waals surface area contributed by atoms with E-state index in [0.29, 0.717) is 48.9 Å². The number of nitrogens with one attached hydrogen (secondary N) is 2. The number of thiazole rings is 1. The minimum absolute atomic E-state index is 0.0375. The second-order valence-corrected chi connectivity index (χ2v) is 11.8. The molecule has 12 heteroatoms. The van der Waals surface area contributed by atoms with Crippen LogP contribution in [-0.4, -0.2) is 49.2 Å². The van der Waals surface area contributed by atoms with Gasteiger partial charge in [-0.25, -0.2) is 13.4 Å². The van der Waals surface area contributed by atoms with E-state index in [9.17, 15) is 18.0 Å². The Morgan fingerprint density at radius 1 is 1.14 bits per heavy atom. The van der Waals surface area contributed by atoms with Gasteiger partial charge >= 0.3 is 0 Å². The zero-order valence-corrected chi connectivity index (χ0v) is 22.8. The highest BCUT2D eigenvalue weighted by atomic mass is 35.5. The molecule has 2 heterocycles. The number of aromatic nitrogens is 1. The van der Waals surface area contributed by atoms with Crippen LogP contribution in [0.4, 0.5) is 0 Å². The van der Waals surface area contributed by atoms with E-state index in [1.807, 2.05) is 13.8 Å². The Balaban J connectivity index is 1.32. The molecule has 1 aromatic heterocycles. The molecule has 2 amide bonds. The molecule has 2 N–H and O–H groups in total. The summed E-state index contributed by atoms with van der Waals surface area (Å²) in [6, 6.07) is 11.4. The topological polar surface area (TPSA) is 118 Å². The monoisotopic (exact) mass is 562 g/mol. The van der Waals surface area contributed by atoms with Crippen LogP contribution in [0, 0.1) is 6.92 Å². The van der Waals surface area contributed by atoms with Crippen molar-refractivity contribution in [2.45, 2.75) is 37.5 Å². The van der Waals surface area contributed by atoms with Crippen molar-refractivity contribution >= 4 is 44.8 Å². The van der Waals surface area contributed by atoms with E-state index in [1.165, 1.54) is 21.7 Å². The summed E-state index contributed by atoms with van der Waals surface area (Å²) in [5, 5.41) is 2.81. The second kappa shape index (κ2) is 11.6. The van der Waals surface area contributed by atoms with Crippen molar-refractivity contribution in [1.29, 1.82) is 0 Å². The molecule has 0 radical (unpaired) electrons. The number of halogens is 1. The molecule has 37 heavy (non-hydrogen) atoms. The largest absolute Gasteiger partial charge is 0.494 e. The van der Waals surface area contributed by atoms with E-state index in [1.54, 1.807) is 41.8 Å². The minimum atomic E-state index is -3.64. The Morgan fingerprint density at radius 3 is 2.57 bits per heavy atom. The number of carbonyl (C=O) groups is 2. The summed E-state index contributed by atoms with van der Waals surface area (Å²) in [6.07, 6.45) is 1.17. The van der Waals surface area contributed by atoms with Crippen LogP contribution in [0.25, 0.3) is 0 Å². The van der Waals surface area contributed by atoms with E-state index in [2.05, 4.69) is 15.8 Å². The lowest BCUT2D eigenvalue weighted by Crippen LogP contribution is -2.41. The molecule has 3 aromatic rings. The molecule has 1 aliphatic heterocycles. The number of hydrazine groups is 1. The summed E-state index contributed by atoms with van der Waals surface area (Å²) in [5.74, 6) is -0.412. The number of hydrogen-bond donors (Lipinski definition) is 2. The SMILES string of the molecule is CCOc1cccc(C(=O)NNC(=O)c2csc(C3CCN(S(=O)(=O)c4ccc(C)c(Cl)c4)CC3)n2)c1. The van der Waals surface area contributed by atoms with Gasteiger partial charge in [-0.2, -0.15) is 4.31 Å². The lowest BCUT2D eigenvalue weighted by Gasteiger charge is -2.30. The van der Waals surface area contributed by atoms with Gasteiger partial charge in [-0.15, -0.1) is 11.3 Å². The van der Waals surface area contributed by atoms with E-state index in [-0.39, 0.29) is 16.5 Å². The Hall–Kier alpha value is -2.99. The predicted molar refractivity (Wildman–Crippen MR) is 142 cm³/mol. The van der Waals surface area contributed by atoms with Crippen LogP contribution in [-0.2, 0) is 10.0 Å². The minimum Gasteiger partial charge on any atom is -0.494 e. The average molecular weight is 563 g/mol. The maximum Gasteiger partial charge on any atom is 0.289 e. The Bertz CT molecular complexity index is 1400. The van der Waals surface area contributed by atoms with Gasteiger partial charge in [-0.3, -0.25) is 20.4 Å². The molecular formula is C25H27ClN4O5S2. The molecule has 1 aliphatic rings. The highest BCUT2D eigenvalue weighted by molar-refractivity contribution is 7.89. The van der Waals surface area contributed by atoms with Gasteiger partial charge in [0.2, 0.25) is 10.0 Å². The van der Waals surface area contributed by atoms with E-state index >= 15 is 0 Å². The maximum atomic E-state index is 13.0. The lowest BCUT2D eigenvalue weighted by molar-refractivity contribution is 0.0844. The van der Waals surface area contributed by atoms with E-state index in [4.69, 9.17) is 16.3 Å². The van der Waals surface area contributed by atoms with Gasteiger partial charge < -0.3 is 4.74 Å². The zero-order valence-electron chi connectivity index (χ0n) is 20.4. The fourth-order valence-electron chi connectivity index (χ4n) is 3.95. The van der Waals surface area contributed by atoms with Crippen molar-refractivity contribution < 1.29 is 22.7 Å². The highest BCUT2D eigenvalue weighted by Crippen LogP contribution is 2.33. The number of benzene rings is 2. The van der Waals surface area contributed by atoms with Gasteiger partial charge in [0.05, 0.1) is 16.5 Å². The molecule has 1 fully saturated rings. The summed E-state index contributed by atoms with van der Waals surface area (Å²) in [4.78, 5) is 29.5. The van der Waals surface area contributed by atoms with E-state index < -0.39 is 21.8 Å². The first-order valence-electron chi connectivity index (χ1n) is 11.7. The van der Waals surface area contributed by atoms with Crippen molar-refractivity contribution in [3.63, 3.8) is 0 Å². The molecule has 0 unspecified atom stereocenters. The van der Waals surface area contributed by atoms with Crippen LogP contribution < -0.4 is 15.6 Å². The molecule has 0 spiro atoms. The number of ether oxygens (including phenoxy) is 1. The first-order valence-corrected chi connectivity index (χ1v) is 14.4. The summed E-state index contributed by atoms with van der Waals surface area (Å²) < 4.78 is 32.9. The molecule has 4 rings (SSSR count). The third-order valence-electron chi connectivity index (χ3n) is 6.04. The summed E-state index contributed by atoms with van der Waals surface area (Å²) in [7, 11) is -3.64. The van der Waals surface area contributed by atoms with Gasteiger partial charge in [-0.05, 0) is 62.6 Å². The van der Waals surface area contributed by atoms with Crippen molar-refractivity contribution in [2.75, 3.05) is 19.7 Å². The highest BCUT2D eigenvalue weighted by Gasteiger charge is 2.31. The Morgan fingerprint density at radius 2 is 1.86 bits per heavy atom. The first kappa shape index (κ1) is 27.1. The Kier molecular flexibility index (Phi) is 8.48. The van der Waals surface area contributed by atoms with Crippen LogP contribution in [0.2, 0.25) is 5.02 Å². The molecule has 9 nitrogen and oxygen atoms in total. The summed E-state index contributed by atoms with van der Waals surface area (Å²) >= 11 is 7.47. The molecular weight excluding hydrogens is 536 g/mol. The molecule has 2 aromatic carbocycles. The zero-order chi connectivity index (χ0) is 26.6. The number of aryl methyl sites for hydroxylation is 1. The molecule has 1 saturated heterocycles. The third-order valence-corrected chi connectivity index (χ3v) is 9.34. The maximum absolute atomic E-state index is 13.0. The summed E-state index contributed by atoms with van der Waals surface area (Å²) in [5.41, 5.74) is 6.13. The number of hydrogen-bond acceptors (Lipinski definition) is 7. The van der Waals surface area contributed by atoms with Crippen LogP contribution >= 0.6 is 22.9 Å². The van der Waals surface area contributed by atoms with Gasteiger partial charge in [0.15, 0.2) is 0 Å². The van der Waals surface area contributed by atoms with Crippen LogP contribution in [0.5, 0.6) is 5.75 Å². The van der Waals surface area contributed by atoms with Crippen LogP contribution in [0.1, 0.15) is 57.1 Å². The molecule has 196 valence electrons. The standard InChI is InChI=1S/C25H27ClN4O5S2/c1-3-35-19-6-4-5-18(13-19)23(31)28-29-24(32)22-15-36-25(27-22)17-9-11-30(12-10-17)37(33,34)20-8-7-16(2)21(26)14-20/h4-8,13-15,17H,3,9-12H2,1-2H3,(H,28,31)(H,29,32). The molecule has 0 atom stereocenters. The van der Waals surface area contributed by atoms with Crippen LogP contribution in [0.15, 0.2) is 52.7 Å². The molecule has 0 bridgehead atoms. The number of amides is 2. The number of rotatable bonds is 7. The smallest absolute Gasteiger partial charge is 0.289 e. The summed E-state index contributed by atoms with van der Waals surface area (Å²) in [6.45, 7) is 4.84. The molecule has 0 aliphatic carbocycles. The Labute approximate surface area is 224 Å². The normalized spacial score (nSPS) is 14.8. The van der Waals surface area contributed by atoms with E-state index in [0.717, 1.165) is 10.6 Å². The number of carbonyl (C=O) groups excluding carboxylic acids is 2. The second-order valence-electron chi connectivity index (χ2n) is 8.53. The van der Waals surface area contributed by atoms with Crippen molar-refractivity contribution in [3.8, 4) is 5.75 Å². The lowest BCUT2D eigenvalue weighted by atomic mass is 9.99. The van der Waals surface area contributed by atoms with Gasteiger partial charge in [0.1, 0.15) is 11.4 Å². The fraction of sp³-hybridized carbons (Fsp3) is 0.320. The number of piperidine rings is 1. The van der Waals surface area contributed by atoms with Crippen molar-refractivity contribution in [2.24, 2.45) is 0 Å². The van der Waals surface area contributed by atoms with Gasteiger partial charge in [0.25, 0.3) is 11.8 Å².